The Hall–Kier alpha value is -2.46. The van der Waals surface area contributed by atoms with Gasteiger partial charge in [-0.3, -0.25) is 4.40 Å². The van der Waals surface area contributed by atoms with Crippen molar-refractivity contribution in [3.8, 4) is 11.3 Å². The van der Waals surface area contributed by atoms with Gasteiger partial charge in [0.15, 0.2) is 4.96 Å². The fourth-order valence-electron chi connectivity index (χ4n) is 2.78. The normalized spacial score (nSPS) is 11.2. The predicted molar refractivity (Wildman–Crippen MR) is 97.1 cm³/mol. The molecule has 0 bridgehead atoms. The number of fused-ring (bicyclic) bond motifs is 1. The molecular formula is C20H17FN2S. The Morgan fingerprint density at radius 2 is 1.67 bits per heavy atom. The van der Waals surface area contributed by atoms with Gasteiger partial charge in [0.05, 0.1) is 5.69 Å². The molecule has 0 unspecified atom stereocenters. The standard InChI is InChI=1S/C20H17FN2S/c1-2-14-3-5-15(6-4-14)11-18-12-23-13-19(22-20(23)24-18)16-7-9-17(21)10-8-16/h3-10,12-13H,2,11H2,1H3. The molecule has 4 heteroatoms. The van der Waals surface area contributed by atoms with Crippen LogP contribution in [0.1, 0.15) is 22.9 Å². The van der Waals surface area contributed by atoms with E-state index in [1.165, 1.54) is 28.1 Å². The van der Waals surface area contributed by atoms with Crippen molar-refractivity contribution >= 4 is 16.3 Å². The first-order valence-electron chi connectivity index (χ1n) is 8.02. The van der Waals surface area contributed by atoms with Crippen molar-refractivity contribution in [1.82, 2.24) is 9.38 Å². The van der Waals surface area contributed by atoms with Gasteiger partial charge >= 0.3 is 0 Å². The van der Waals surface area contributed by atoms with Crippen molar-refractivity contribution in [2.45, 2.75) is 19.8 Å². The minimum Gasteiger partial charge on any atom is -0.297 e. The molecule has 2 heterocycles. The highest BCUT2D eigenvalue weighted by Crippen LogP contribution is 2.25. The van der Waals surface area contributed by atoms with E-state index in [4.69, 9.17) is 0 Å². The number of aromatic nitrogens is 2. The summed E-state index contributed by atoms with van der Waals surface area (Å²) >= 11 is 1.70. The first-order chi connectivity index (χ1) is 11.7. The van der Waals surface area contributed by atoms with Gasteiger partial charge in [0.2, 0.25) is 0 Å². The quantitative estimate of drug-likeness (QED) is 0.491. The molecule has 120 valence electrons. The molecule has 24 heavy (non-hydrogen) atoms. The molecule has 0 aliphatic heterocycles. The van der Waals surface area contributed by atoms with Gasteiger partial charge in [-0.05, 0) is 41.8 Å². The molecule has 0 atom stereocenters. The van der Waals surface area contributed by atoms with Crippen molar-refractivity contribution < 1.29 is 4.39 Å². The lowest BCUT2D eigenvalue weighted by Crippen LogP contribution is -1.86. The van der Waals surface area contributed by atoms with Crippen molar-refractivity contribution in [2.75, 3.05) is 0 Å². The molecule has 0 radical (unpaired) electrons. The van der Waals surface area contributed by atoms with Crippen LogP contribution in [0.4, 0.5) is 4.39 Å². The number of hydrogen-bond donors (Lipinski definition) is 0. The molecule has 2 aromatic carbocycles. The molecule has 4 rings (SSSR count). The summed E-state index contributed by atoms with van der Waals surface area (Å²) in [6.07, 6.45) is 6.12. The summed E-state index contributed by atoms with van der Waals surface area (Å²) in [5, 5.41) is 0. The zero-order chi connectivity index (χ0) is 16.5. The zero-order valence-corrected chi connectivity index (χ0v) is 14.2. The largest absolute Gasteiger partial charge is 0.297 e. The van der Waals surface area contributed by atoms with Gasteiger partial charge in [-0.1, -0.05) is 31.2 Å². The molecule has 0 aliphatic carbocycles. The van der Waals surface area contributed by atoms with E-state index in [1.54, 1.807) is 23.5 Å². The summed E-state index contributed by atoms with van der Waals surface area (Å²) in [6.45, 7) is 2.17. The first kappa shape index (κ1) is 15.1. The van der Waals surface area contributed by atoms with Crippen LogP contribution in [-0.4, -0.2) is 9.38 Å². The summed E-state index contributed by atoms with van der Waals surface area (Å²) in [5.41, 5.74) is 4.49. The van der Waals surface area contributed by atoms with Gasteiger partial charge in [0.25, 0.3) is 0 Å². The van der Waals surface area contributed by atoms with Crippen LogP contribution >= 0.6 is 11.3 Å². The topological polar surface area (TPSA) is 17.3 Å². The summed E-state index contributed by atoms with van der Waals surface area (Å²) < 4.78 is 15.1. The third-order valence-electron chi connectivity index (χ3n) is 4.15. The van der Waals surface area contributed by atoms with Gasteiger partial charge in [0, 0.05) is 29.3 Å². The van der Waals surface area contributed by atoms with Crippen molar-refractivity contribution in [3.63, 3.8) is 0 Å². The maximum Gasteiger partial charge on any atom is 0.194 e. The summed E-state index contributed by atoms with van der Waals surface area (Å²) in [6, 6.07) is 15.2. The molecule has 0 saturated heterocycles. The highest BCUT2D eigenvalue weighted by molar-refractivity contribution is 7.17. The van der Waals surface area contributed by atoms with Crippen molar-refractivity contribution in [3.05, 3.63) is 82.7 Å². The van der Waals surface area contributed by atoms with Crippen LogP contribution in [0.25, 0.3) is 16.2 Å². The van der Waals surface area contributed by atoms with E-state index in [0.29, 0.717) is 0 Å². The fourth-order valence-corrected chi connectivity index (χ4v) is 3.77. The highest BCUT2D eigenvalue weighted by Gasteiger charge is 2.09. The number of hydrogen-bond acceptors (Lipinski definition) is 2. The van der Waals surface area contributed by atoms with Gasteiger partial charge < -0.3 is 0 Å². The minimum atomic E-state index is -0.226. The van der Waals surface area contributed by atoms with Crippen molar-refractivity contribution in [1.29, 1.82) is 0 Å². The molecular weight excluding hydrogens is 319 g/mol. The summed E-state index contributed by atoms with van der Waals surface area (Å²) in [7, 11) is 0. The Balaban J connectivity index is 1.57. The Bertz CT molecular complexity index is 934. The van der Waals surface area contributed by atoms with E-state index < -0.39 is 0 Å². The molecule has 2 nitrogen and oxygen atoms in total. The average Bonchev–Trinajstić information content (AvgIpc) is 3.14. The van der Waals surface area contributed by atoms with E-state index >= 15 is 0 Å². The second-order valence-electron chi connectivity index (χ2n) is 5.87. The zero-order valence-electron chi connectivity index (χ0n) is 13.4. The fraction of sp³-hybridized carbons (Fsp3) is 0.150. The SMILES string of the molecule is CCc1ccc(Cc2cn3cc(-c4ccc(F)cc4)nc3s2)cc1. The number of nitrogens with zero attached hydrogens (tertiary/aromatic N) is 2. The van der Waals surface area contributed by atoms with E-state index in [2.05, 4.69) is 46.8 Å². The second-order valence-corrected chi connectivity index (χ2v) is 6.96. The van der Waals surface area contributed by atoms with Crippen LogP contribution in [0.2, 0.25) is 0 Å². The lowest BCUT2D eigenvalue weighted by molar-refractivity contribution is 0.628. The Kier molecular flexibility index (Phi) is 3.90. The monoisotopic (exact) mass is 336 g/mol. The third-order valence-corrected chi connectivity index (χ3v) is 5.15. The summed E-state index contributed by atoms with van der Waals surface area (Å²) in [4.78, 5) is 6.91. The molecule has 0 aliphatic rings. The molecule has 2 aromatic heterocycles. The number of thiazole rings is 1. The van der Waals surface area contributed by atoms with Gasteiger partial charge in [0.1, 0.15) is 5.82 Å². The van der Waals surface area contributed by atoms with Gasteiger partial charge in [-0.15, -0.1) is 11.3 Å². The molecule has 0 saturated carbocycles. The number of aryl methyl sites for hydroxylation is 1. The third kappa shape index (κ3) is 2.97. The summed E-state index contributed by atoms with van der Waals surface area (Å²) in [5.74, 6) is -0.226. The maximum absolute atomic E-state index is 13.0. The van der Waals surface area contributed by atoms with Crippen LogP contribution in [0, 0.1) is 5.82 Å². The van der Waals surface area contributed by atoms with E-state index in [0.717, 1.165) is 29.1 Å². The lowest BCUT2D eigenvalue weighted by atomic mass is 10.1. The molecule has 0 fully saturated rings. The van der Waals surface area contributed by atoms with E-state index in [9.17, 15) is 4.39 Å². The van der Waals surface area contributed by atoms with Gasteiger partial charge in [-0.2, -0.15) is 0 Å². The van der Waals surface area contributed by atoms with Gasteiger partial charge in [-0.25, -0.2) is 9.37 Å². The predicted octanol–water partition coefficient (Wildman–Crippen LogP) is 5.36. The first-order valence-corrected chi connectivity index (χ1v) is 8.84. The molecule has 0 amide bonds. The maximum atomic E-state index is 13.0. The Labute approximate surface area is 144 Å². The molecule has 4 aromatic rings. The second kappa shape index (κ2) is 6.21. The van der Waals surface area contributed by atoms with Crippen LogP contribution in [0.15, 0.2) is 60.9 Å². The van der Waals surface area contributed by atoms with E-state index in [1.807, 2.05) is 6.20 Å². The lowest BCUT2D eigenvalue weighted by Gasteiger charge is -2.00. The van der Waals surface area contributed by atoms with E-state index in [-0.39, 0.29) is 5.82 Å². The molecule has 0 spiro atoms. The Morgan fingerprint density at radius 3 is 2.33 bits per heavy atom. The number of imidazole rings is 1. The van der Waals surface area contributed by atoms with Crippen LogP contribution < -0.4 is 0 Å². The number of halogens is 1. The average molecular weight is 336 g/mol. The highest BCUT2D eigenvalue weighted by atomic mass is 32.1. The molecule has 0 N–H and O–H groups in total. The van der Waals surface area contributed by atoms with Crippen molar-refractivity contribution in [2.24, 2.45) is 0 Å². The van der Waals surface area contributed by atoms with Crippen LogP contribution in [0.3, 0.4) is 0 Å². The smallest absolute Gasteiger partial charge is 0.194 e. The minimum absolute atomic E-state index is 0.226. The van der Waals surface area contributed by atoms with Crippen LogP contribution in [-0.2, 0) is 12.8 Å². The number of benzene rings is 2. The number of rotatable bonds is 4. The Morgan fingerprint density at radius 1 is 0.958 bits per heavy atom. The van der Waals surface area contributed by atoms with Crippen LogP contribution in [0.5, 0.6) is 0 Å².